The Morgan fingerprint density at radius 3 is 2.95 bits per heavy atom. The molecule has 0 saturated carbocycles. The molecule has 1 saturated heterocycles. The van der Waals surface area contributed by atoms with Crippen LogP contribution in [0.1, 0.15) is 22.5 Å². The minimum absolute atomic E-state index is 0.00233. The number of nitrogens with zero attached hydrogens (tertiary/aromatic N) is 1. The second-order valence-corrected chi connectivity index (χ2v) is 9.04. The van der Waals surface area contributed by atoms with Crippen LogP contribution in [0.4, 0.5) is 0 Å². The zero-order chi connectivity index (χ0) is 15.0. The molecule has 0 radical (unpaired) electrons. The van der Waals surface area contributed by atoms with Crippen LogP contribution in [0.3, 0.4) is 0 Å². The Labute approximate surface area is 131 Å². The van der Waals surface area contributed by atoms with Crippen molar-refractivity contribution < 1.29 is 13.2 Å². The van der Waals surface area contributed by atoms with Gasteiger partial charge in [-0.25, -0.2) is 13.6 Å². The number of likely N-dealkylation sites (tertiary alicyclic amines) is 1. The van der Waals surface area contributed by atoms with Gasteiger partial charge in [0.25, 0.3) is 5.91 Å². The maximum atomic E-state index is 12.5. The maximum absolute atomic E-state index is 12.5. The van der Waals surface area contributed by atoms with Crippen molar-refractivity contribution in [3.05, 3.63) is 22.4 Å². The smallest absolute Gasteiger partial charge is 0.264 e. The van der Waals surface area contributed by atoms with Crippen LogP contribution in [-0.4, -0.2) is 38.1 Å². The Hall–Kier alpha value is -0.960. The molecule has 1 aliphatic rings. The van der Waals surface area contributed by atoms with Gasteiger partial charge < -0.3 is 4.90 Å². The fourth-order valence-electron chi connectivity index (χ4n) is 2.74. The number of hydrogen-bond donors (Lipinski definition) is 1. The monoisotopic (exact) mass is 344 g/mol. The topological polar surface area (TPSA) is 80.5 Å². The van der Waals surface area contributed by atoms with Crippen LogP contribution in [0.15, 0.2) is 17.5 Å². The number of primary sulfonamides is 1. The van der Waals surface area contributed by atoms with E-state index in [9.17, 15) is 13.2 Å². The number of sulfonamides is 1. The number of rotatable bonds is 3. The lowest BCUT2D eigenvalue weighted by Gasteiger charge is -2.32. The number of nitrogens with two attached hydrogens (primary N) is 1. The molecule has 1 fully saturated rings. The molecular formula is C13H16N2O3S3. The van der Waals surface area contributed by atoms with Crippen molar-refractivity contribution in [3.63, 3.8) is 0 Å². The molecule has 2 aromatic heterocycles. The van der Waals surface area contributed by atoms with Gasteiger partial charge in [0.15, 0.2) is 0 Å². The van der Waals surface area contributed by atoms with E-state index >= 15 is 0 Å². The second-order valence-electron chi connectivity index (χ2n) is 5.35. The molecule has 114 valence electrons. The van der Waals surface area contributed by atoms with Gasteiger partial charge in [0.05, 0.1) is 10.6 Å². The highest BCUT2D eigenvalue weighted by atomic mass is 32.2. The zero-order valence-electron chi connectivity index (χ0n) is 11.3. The van der Waals surface area contributed by atoms with Crippen molar-refractivity contribution in [3.8, 4) is 0 Å². The predicted octanol–water partition coefficient (Wildman–Crippen LogP) is 2.10. The van der Waals surface area contributed by atoms with Crippen molar-refractivity contribution in [1.82, 2.24) is 4.90 Å². The third-order valence-electron chi connectivity index (χ3n) is 3.62. The number of amides is 1. The second kappa shape index (κ2) is 5.68. The third-order valence-corrected chi connectivity index (χ3v) is 6.64. The lowest BCUT2D eigenvalue weighted by molar-refractivity contribution is 0.0689. The molecule has 2 N–H and O–H groups in total. The van der Waals surface area contributed by atoms with Crippen molar-refractivity contribution >= 4 is 48.0 Å². The molecule has 21 heavy (non-hydrogen) atoms. The molecule has 8 heteroatoms. The number of hydrogen-bond acceptors (Lipinski definition) is 5. The summed E-state index contributed by atoms with van der Waals surface area (Å²) < 4.78 is 24.7. The van der Waals surface area contributed by atoms with Gasteiger partial charge in [-0.2, -0.15) is 0 Å². The molecule has 0 aromatic carbocycles. The first-order valence-electron chi connectivity index (χ1n) is 6.69. The van der Waals surface area contributed by atoms with Crippen LogP contribution in [0.2, 0.25) is 0 Å². The van der Waals surface area contributed by atoms with E-state index in [4.69, 9.17) is 5.14 Å². The van der Waals surface area contributed by atoms with E-state index in [1.807, 2.05) is 17.5 Å². The number of carbonyl (C=O) groups is 1. The molecule has 0 aliphatic carbocycles. The van der Waals surface area contributed by atoms with Gasteiger partial charge in [0.2, 0.25) is 10.0 Å². The summed E-state index contributed by atoms with van der Waals surface area (Å²) in [4.78, 5) is 15.0. The van der Waals surface area contributed by atoms with E-state index < -0.39 is 10.0 Å². The van der Waals surface area contributed by atoms with Gasteiger partial charge in [0, 0.05) is 22.5 Å². The van der Waals surface area contributed by atoms with Crippen LogP contribution in [0.5, 0.6) is 0 Å². The summed E-state index contributed by atoms with van der Waals surface area (Å²) in [7, 11) is -3.48. The third kappa shape index (κ3) is 3.45. The van der Waals surface area contributed by atoms with Gasteiger partial charge in [-0.3, -0.25) is 4.79 Å². The Balaban J connectivity index is 1.73. The van der Waals surface area contributed by atoms with E-state index in [-0.39, 0.29) is 17.6 Å². The summed E-state index contributed by atoms with van der Waals surface area (Å²) >= 11 is 3.12. The summed E-state index contributed by atoms with van der Waals surface area (Å²) in [5.41, 5.74) is 0. The molecule has 1 unspecified atom stereocenters. The maximum Gasteiger partial charge on any atom is 0.264 e. The zero-order valence-corrected chi connectivity index (χ0v) is 13.8. The number of carbonyl (C=O) groups excluding carboxylic acids is 1. The number of fused-ring (bicyclic) bond motifs is 1. The summed E-state index contributed by atoms with van der Waals surface area (Å²) in [6.07, 6.45) is 1.63. The summed E-state index contributed by atoms with van der Waals surface area (Å²) in [5.74, 6) is -0.0997. The van der Waals surface area contributed by atoms with Crippen molar-refractivity contribution in [2.75, 3.05) is 18.8 Å². The van der Waals surface area contributed by atoms with Gasteiger partial charge in [-0.1, -0.05) is 0 Å². The minimum atomic E-state index is -3.48. The number of thiophene rings is 2. The Bertz CT molecular complexity index is 734. The Morgan fingerprint density at radius 2 is 2.24 bits per heavy atom. The summed E-state index contributed by atoms with van der Waals surface area (Å²) in [6, 6.07) is 3.94. The molecule has 1 atom stereocenters. The van der Waals surface area contributed by atoms with E-state index in [0.29, 0.717) is 13.1 Å². The Kier molecular flexibility index (Phi) is 4.04. The van der Waals surface area contributed by atoms with Crippen molar-refractivity contribution in [2.24, 2.45) is 11.1 Å². The van der Waals surface area contributed by atoms with E-state index in [2.05, 4.69) is 0 Å². The van der Waals surface area contributed by atoms with Crippen LogP contribution in [-0.2, 0) is 10.0 Å². The first-order valence-corrected chi connectivity index (χ1v) is 10.1. The molecule has 3 heterocycles. The van der Waals surface area contributed by atoms with Gasteiger partial charge in [-0.15, -0.1) is 22.7 Å². The highest BCUT2D eigenvalue weighted by molar-refractivity contribution is 7.89. The normalized spacial score (nSPS) is 20.0. The van der Waals surface area contributed by atoms with Gasteiger partial charge >= 0.3 is 0 Å². The molecule has 5 nitrogen and oxygen atoms in total. The van der Waals surface area contributed by atoms with Crippen molar-refractivity contribution in [1.29, 1.82) is 0 Å². The van der Waals surface area contributed by atoms with Crippen LogP contribution >= 0.6 is 22.7 Å². The standard InChI is InChI=1S/C13H16N2O3S3/c14-21(17,18)8-9-2-1-4-15(7-9)13(16)12-6-11-10(20-12)3-5-19-11/h3,5-6,9H,1-2,4,7-8H2,(H2,14,17,18). The van der Waals surface area contributed by atoms with Crippen molar-refractivity contribution in [2.45, 2.75) is 12.8 Å². The van der Waals surface area contributed by atoms with E-state index in [1.54, 1.807) is 16.2 Å². The molecule has 0 spiro atoms. The first kappa shape index (κ1) is 15.0. The average Bonchev–Trinajstić information content (AvgIpc) is 2.96. The van der Waals surface area contributed by atoms with Gasteiger partial charge in [-0.05, 0) is 36.3 Å². The quantitative estimate of drug-likeness (QED) is 0.926. The van der Waals surface area contributed by atoms with Crippen LogP contribution < -0.4 is 5.14 Å². The molecular weight excluding hydrogens is 328 g/mol. The molecule has 3 rings (SSSR count). The molecule has 1 amide bonds. The predicted molar refractivity (Wildman–Crippen MR) is 86.3 cm³/mol. The van der Waals surface area contributed by atoms with Crippen LogP contribution in [0.25, 0.3) is 9.40 Å². The minimum Gasteiger partial charge on any atom is -0.338 e. The number of piperidine rings is 1. The van der Waals surface area contributed by atoms with E-state index in [1.165, 1.54) is 11.3 Å². The molecule has 1 aliphatic heterocycles. The fourth-order valence-corrected chi connectivity index (χ4v) is 5.75. The Morgan fingerprint density at radius 1 is 1.43 bits per heavy atom. The highest BCUT2D eigenvalue weighted by Gasteiger charge is 2.27. The summed E-state index contributed by atoms with van der Waals surface area (Å²) in [6.45, 7) is 1.16. The molecule has 2 aromatic rings. The fraction of sp³-hybridized carbons (Fsp3) is 0.462. The lowest BCUT2D eigenvalue weighted by atomic mass is 10.00. The average molecular weight is 344 g/mol. The first-order chi connectivity index (χ1) is 9.92. The lowest BCUT2D eigenvalue weighted by Crippen LogP contribution is -2.42. The van der Waals surface area contributed by atoms with E-state index in [0.717, 1.165) is 27.1 Å². The SMILES string of the molecule is NS(=O)(=O)CC1CCCN(C(=O)c2cc3sccc3s2)C1. The highest BCUT2D eigenvalue weighted by Crippen LogP contribution is 2.31. The summed E-state index contributed by atoms with van der Waals surface area (Å²) in [5, 5.41) is 7.12. The van der Waals surface area contributed by atoms with Crippen LogP contribution in [0, 0.1) is 5.92 Å². The largest absolute Gasteiger partial charge is 0.338 e. The molecule has 0 bridgehead atoms. The van der Waals surface area contributed by atoms with Gasteiger partial charge in [0.1, 0.15) is 0 Å².